The fourth-order valence-corrected chi connectivity index (χ4v) is 1.78. The monoisotopic (exact) mass is 210 g/mol. The number of nitrogens with zero attached hydrogens (tertiary/aromatic N) is 2. The standard InChI is InChI=1S/C10H14N2O3/c1-6-3-4-12(10(14)11-6)9-8(13)5-7(2)15-9/h3-4,7-9,13H,5H2,1-2H3. The Balaban J connectivity index is 2.34. The Bertz CT molecular complexity index is 415. The predicted molar refractivity (Wildman–Crippen MR) is 53.4 cm³/mol. The van der Waals surface area contributed by atoms with E-state index in [0.29, 0.717) is 12.1 Å². The van der Waals surface area contributed by atoms with Gasteiger partial charge in [0.15, 0.2) is 6.23 Å². The van der Waals surface area contributed by atoms with Gasteiger partial charge in [-0.1, -0.05) is 0 Å². The Morgan fingerprint density at radius 1 is 1.67 bits per heavy atom. The Morgan fingerprint density at radius 3 is 2.93 bits per heavy atom. The van der Waals surface area contributed by atoms with E-state index in [9.17, 15) is 9.90 Å². The van der Waals surface area contributed by atoms with Crippen molar-refractivity contribution in [1.82, 2.24) is 9.55 Å². The molecule has 15 heavy (non-hydrogen) atoms. The molecule has 3 atom stereocenters. The van der Waals surface area contributed by atoms with Crippen LogP contribution >= 0.6 is 0 Å². The molecule has 0 amide bonds. The van der Waals surface area contributed by atoms with Crippen molar-refractivity contribution >= 4 is 0 Å². The maximum absolute atomic E-state index is 11.5. The first-order valence-electron chi connectivity index (χ1n) is 4.97. The van der Waals surface area contributed by atoms with E-state index in [0.717, 1.165) is 0 Å². The molecule has 1 saturated heterocycles. The molecule has 82 valence electrons. The van der Waals surface area contributed by atoms with Gasteiger partial charge in [-0.3, -0.25) is 4.57 Å². The van der Waals surface area contributed by atoms with Crippen molar-refractivity contribution in [3.05, 3.63) is 28.4 Å². The second-order valence-electron chi connectivity index (χ2n) is 3.90. The van der Waals surface area contributed by atoms with E-state index in [2.05, 4.69) is 4.98 Å². The van der Waals surface area contributed by atoms with Gasteiger partial charge in [0.05, 0.1) is 6.10 Å². The van der Waals surface area contributed by atoms with Crippen LogP contribution in [0.1, 0.15) is 25.3 Å². The van der Waals surface area contributed by atoms with Crippen molar-refractivity contribution in [2.75, 3.05) is 0 Å². The summed E-state index contributed by atoms with van der Waals surface area (Å²) in [7, 11) is 0. The van der Waals surface area contributed by atoms with Crippen LogP contribution < -0.4 is 5.69 Å². The lowest BCUT2D eigenvalue weighted by Gasteiger charge is -2.16. The van der Waals surface area contributed by atoms with Gasteiger partial charge in [-0.2, -0.15) is 4.98 Å². The molecular formula is C10H14N2O3. The molecule has 1 aromatic rings. The molecule has 1 aliphatic heterocycles. The van der Waals surface area contributed by atoms with Crippen LogP contribution in [-0.2, 0) is 4.74 Å². The van der Waals surface area contributed by atoms with E-state index >= 15 is 0 Å². The molecule has 0 bridgehead atoms. The van der Waals surface area contributed by atoms with Gasteiger partial charge in [-0.25, -0.2) is 4.79 Å². The summed E-state index contributed by atoms with van der Waals surface area (Å²) in [6.45, 7) is 3.62. The third-order valence-electron chi connectivity index (χ3n) is 2.52. The van der Waals surface area contributed by atoms with E-state index < -0.39 is 12.3 Å². The summed E-state index contributed by atoms with van der Waals surface area (Å²) in [5.41, 5.74) is 0.282. The molecule has 0 spiro atoms. The molecule has 1 N–H and O–H groups in total. The molecule has 1 aromatic heterocycles. The van der Waals surface area contributed by atoms with Crippen molar-refractivity contribution in [3.8, 4) is 0 Å². The molecule has 5 heteroatoms. The van der Waals surface area contributed by atoms with Gasteiger partial charge >= 0.3 is 5.69 Å². The predicted octanol–water partition coefficient (Wildman–Crippen LogP) is 0.220. The summed E-state index contributed by atoms with van der Waals surface area (Å²) in [5, 5.41) is 9.69. The van der Waals surface area contributed by atoms with E-state index in [1.807, 2.05) is 6.92 Å². The Morgan fingerprint density at radius 2 is 2.40 bits per heavy atom. The first-order valence-corrected chi connectivity index (χ1v) is 4.97. The van der Waals surface area contributed by atoms with Gasteiger partial charge in [0.1, 0.15) is 6.10 Å². The first kappa shape index (κ1) is 10.3. The fourth-order valence-electron chi connectivity index (χ4n) is 1.78. The number of rotatable bonds is 1. The number of aryl methyl sites for hydroxylation is 1. The van der Waals surface area contributed by atoms with Crippen LogP contribution in [-0.4, -0.2) is 26.9 Å². The number of aliphatic hydroxyl groups excluding tert-OH is 1. The summed E-state index contributed by atoms with van der Waals surface area (Å²) in [4.78, 5) is 15.3. The topological polar surface area (TPSA) is 64.3 Å². The third kappa shape index (κ3) is 1.93. The van der Waals surface area contributed by atoms with Crippen LogP contribution in [0, 0.1) is 6.92 Å². The Kier molecular flexibility index (Phi) is 2.58. The minimum absolute atomic E-state index is 0.0294. The first-order chi connectivity index (χ1) is 7.08. The smallest absolute Gasteiger partial charge is 0.349 e. The highest BCUT2D eigenvalue weighted by Gasteiger charge is 2.33. The van der Waals surface area contributed by atoms with Gasteiger partial charge in [-0.15, -0.1) is 0 Å². The second-order valence-corrected chi connectivity index (χ2v) is 3.90. The zero-order valence-corrected chi connectivity index (χ0v) is 8.75. The molecule has 1 aliphatic rings. The highest BCUT2D eigenvalue weighted by atomic mass is 16.5. The quantitative estimate of drug-likeness (QED) is 0.720. The number of hydrogen-bond donors (Lipinski definition) is 1. The minimum Gasteiger partial charge on any atom is -0.388 e. The molecule has 0 aliphatic carbocycles. The minimum atomic E-state index is -0.637. The van der Waals surface area contributed by atoms with Crippen molar-refractivity contribution in [1.29, 1.82) is 0 Å². The lowest BCUT2D eigenvalue weighted by atomic mass is 10.2. The molecule has 0 aromatic carbocycles. The van der Waals surface area contributed by atoms with Gasteiger partial charge in [0.25, 0.3) is 0 Å². The molecule has 2 rings (SSSR count). The largest absolute Gasteiger partial charge is 0.388 e. The van der Waals surface area contributed by atoms with Crippen LogP contribution in [0.15, 0.2) is 17.1 Å². The Labute approximate surface area is 87.3 Å². The molecule has 5 nitrogen and oxygen atoms in total. The molecule has 0 saturated carbocycles. The number of hydrogen-bond acceptors (Lipinski definition) is 4. The van der Waals surface area contributed by atoms with Crippen LogP contribution in [0.25, 0.3) is 0 Å². The molecule has 0 radical (unpaired) electrons. The van der Waals surface area contributed by atoms with E-state index in [1.165, 1.54) is 4.57 Å². The molecule has 3 unspecified atom stereocenters. The van der Waals surface area contributed by atoms with Gasteiger partial charge in [0, 0.05) is 18.3 Å². The molecular weight excluding hydrogens is 196 g/mol. The summed E-state index contributed by atoms with van der Waals surface area (Å²) in [6, 6.07) is 1.72. The summed E-state index contributed by atoms with van der Waals surface area (Å²) >= 11 is 0. The number of ether oxygens (including phenoxy) is 1. The van der Waals surface area contributed by atoms with Crippen LogP contribution in [0.5, 0.6) is 0 Å². The van der Waals surface area contributed by atoms with Crippen molar-refractivity contribution < 1.29 is 9.84 Å². The lowest BCUT2D eigenvalue weighted by molar-refractivity contribution is -0.0348. The zero-order chi connectivity index (χ0) is 11.0. The summed E-state index contributed by atoms with van der Waals surface area (Å²) < 4.78 is 6.79. The third-order valence-corrected chi connectivity index (χ3v) is 2.52. The Hall–Kier alpha value is -1.20. The lowest BCUT2D eigenvalue weighted by Crippen LogP contribution is -2.31. The normalized spacial score (nSPS) is 30.7. The average Bonchev–Trinajstić information content (AvgIpc) is 2.45. The highest BCUT2D eigenvalue weighted by Crippen LogP contribution is 2.26. The number of aliphatic hydroxyl groups is 1. The van der Waals surface area contributed by atoms with Crippen molar-refractivity contribution in [2.24, 2.45) is 0 Å². The van der Waals surface area contributed by atoms with Crippen LogP contribution in [0.4, 0.5) is 0 Å². The molecule has 1 fully saturated rings. The van der Waals surface area contributed by atoms with Gasteiger partial charge in [-0.05, 0) is 19.9 Å². The molecule has 2 heterocycles. The van der Waals surface area contributed by atoms with Crippen LogP contribution in [0.2, 0.25) is 0 Å². The highest BCUT2D eigenvalue weighted by molar-refractivity contribution is 4.97. The van der Waals surface area contributed by atoms with Crippen LogP contribution in [0.3, 0.4) is 0 Å². The number of aromatic nitrogens is 2. The van der Waals surface area contributed by atoms with Gasteiger partial charge in [0.2, 0.25) is 0 Å². The SMILES string of the molecule is Cc1ccn(C2OC(C)CC2O)c(=O)n1. The van der Waals surface area contributed by atoms with Crippen molar-refractivity contribution in [2.45, 2.75) is 38.7 Å². The van der Waals surface area contributed by atoms with Gasteiger partial charge < -0.3 is 9.84 Å². The average molecular weight is 210 g/mol. The fraction of sp³-hybridized carbons (Fsp3) is 0.600. The van der Waals surface area contributed by atoms with E-state index in [1.54, 1.807) is 19.2 Å². The van der Waals surface area contributed by atoms with Crippen molar-refractivity contribution in [3.63, 3.8) is 0 Å². The summed E-state index contributed by atoms with van der Waals surface area (Å²) in [6.07, 6.45) is 0.891. The zero-order valence-electron chi connectivity index (χ0n) is 8.75. The maximum Gasteiger partial charge on any atom is 0.349 e. The van der Waals surface area contributed by atoms with E-state index in [4.69, 9.17) is 4.74 Å². The second kappa shape index (κ2) is 3.75. The maximum atomic E-state index is 11.5. The summed E-state index contributed by atoms with van der Waals surface area (Å²) in [5.74, 6) is 0. The van der Waals surface area contributed by atoms with E-state index in [-0.39, 0.29) is 11.8 Å².